The van der Waals surface area contributed by atoms with E-state index in [9.17, 15) is 10.2 Å². The summed E-state index contributed by atoms with van der Waals surface area (Å²) in [6.07, 6.45) is 4.18. The molecule has 3 atom stereocenters. The number of para-hydroxylation sites is 1. The minimum Gasteiger partial charge on any atom is -0.508 e. The van der Waals surface area contributed by atoms with Gasteiger partial charge in [0.2, 0.25) is 0 Å². The largest absolute Gasteiger partial charge is 0.508 e. The van der Waals surface area contributed by atoms with E-state index in [1.807, 2.05) is 18.2 Å². The Kier molecular flexibility index (Phi) is 3.84. The molecule has 4 nitrogen and oxygen atoms in total. The maximum atomic E-state index is 12.5. The molecule has 0 radical (unpaired) electrons. The summed E-state index contributed by atoms with van der Waals surface area (Å²) in [5.41, 5.74) is 4.47. The van der Waals surface area contributed by atoms with Crippen molar-refractivity contribution in [1.82, 2.24) is 9.88 Å². The number of pyridine rings is 1. The number of benzene rings is 2. The summed E-state index contributed by atoms with van der Waals surface area (Å²) in [7, 11) is 0. The van der Waals surface area contributed by atoms with Crippen LogP contribution in [0.15, 0.2) is 48.5 Å². The molecule has 154 valence electrons. The molecule has 0 amide bonds. The molecule has 1 aliphatic heterocycles. The predicted octanol–water partition coefficient (Wildman–Crippen LogP) is 3.75. The van der Waals surface area contributed by atoms with Crippen LogP contribution in [0.3, 0.4) is 0 Å². The predicted molar refractivity (Wildman–Crippen MR) is 118 cm³/mol. The highest BCUT2D eigenvalue weighted by Gasteiger charge is 2.64. The van der Waals surface area contributed by atoms with Crippen molar-refractivity contribution in [3.63, 3.8) is 0 Å². The Labute approximate surface area is 177 Å². The molecule has 0 unspecified atom stereocenters. The smallest absolute Gasteiger partial charge is 0.115 e. The first-order valence-corrected chi connectivity index (χ1v) is 11.2. The molecule has 2 heterocycles. The first-order chi connectivity index (χ1) is 14.5. The van der Waals surface area contributed by atoms with Crippen LogP contribution in [0.1, 0.15) is 42.1 Å². The number of aromatic nitrogens is 1. The molecule has 3 aliphatic rings. The lowest BCUT2D eigenvalue weighted by Gasteiger charge is -2.63. The molecular weight excluding hydrogens is 372 g/mol. The van der Waals surface area contributed by atoms with Crippen LogP contribution in [0.4, 0.5) is 0 Å². The van der Waals surface area contributed by atoms with Gasteiger partial charge in [-0.15, -0.1) is 0 Å². The monoisotopic (exact) mass is 400 g/mol. The number of aromatic hydroxyl groups is 1. The minimum absolute atomic E-state index is 0.0999. The molecule has 2 N–H and O–H groups in total. The van der Waals surface area contributed by atoms with Gasteiger partial charge in [-0.3, -0.25) is 9.88 Å². The van der Waals surface area contributed by atoms with Gasteiger partial charge in [0.1, 0.15) is 5.75 Å². The molecule has 2 aromatic carbocycles. The molecule has 30 heavy (non-hydrogen) atoms. The van der Waals surface area contributed by atoms with Crippen molar-refractivity contribution in [2.75, 3.05) is 13.1 Å². The van der Waals surface area contributed by atoms with Crippen LogP contribution in [0, 0.1) is 0 Å². The number of phenols is 1. The van der Waals surface area contributed by atoms with Crippen molar-refractivity contribution in [2.45, 2.75) is 56.1 Å². The lowest BCUT2D eigenvalue weighted by Crippen LogP contribution is -2.74. The highest BCUT2D eigenvalue weighted by molar-refractivity contribution is 5.79. The SMILES string of the molecule is CCCN1CC[C@]23Cc4nc5ccccc5cc4C[C@@]2(O)[C@H]1Cc1ccc(O)cc13. The second-order valence-electron chi connectivity index (χ2n) is 9.49. The Balaban J connectivity index is 1.59. The van der Waals surface area contributed by atoms with Crippen LogP contribution in [0.25, 0.3) is 10.9 Å². The fraction of sp³-hybridized carbons (Fsp3) is 0.423. The van der Waals surface area contributed by atoms with Gasteiger partial charge >= 0.3 is 0 Å². The molecule has 3 aromatic rings. The van der Waals surface area contributed by atoms with Crippen molar-refractivity contribution in [2.24, 2.45) is 0 Å². The molecule has 2 aliphatic carbocycles. The normalized spacial score (nSPS) is 29.9. The highest BCUT2D eigenvalue weighted by atomic mass is 16.3. The fourth-order valence-corrected chi connectivity index (χ4v) is 6.65. The van der Waals surface area contributed by atoms with Crippen LogP contribution < -0.4 is 0 Å². The van der Waals surface area contributed by atoms with Crippen LogP contribution in [0.5, 0.6) is 5.75 Å². The maximum absolute atomic E-state index is 12.5. The number of aliphatic hydroxyl groups is 1. The number of hydrogen-bond acceptors (Lipinski definition) is 4. The van der Waals surface area contributed by atoms with Gasteiger partial charge in [-0.05, 0) is 73.3 Å². The van der Waals surface area contributed by atoms with Crippen LogP contribution in [-0.2, 0) is 24.7 Å². The molecular formula is C26H28N2O2. The third-order valence-corrected chi connectivity index (χ3v) is 8.00. The molecule has 0 spiro atoms. The maximum Gasteiger partial charge on any atom is 0.115 e. The van der Waals surface area contributed by atoms with Gasteiger partial charge in [-0.25, -0.2) is 0 Å². The Morgan fingerprint density at radius 3 is 2.83 bits per heavy atom. The lowest BCUT2D eigenvalue weighted by molar-refractivity contribution is -0.151. The second-order valence-corrected chi connectivity index (χ2v) is 9.49. The Morgan fingerprint density at radius 1 is 1.10 bits per heavy atom. The van der Waals surface area contributed by atoms with Crippen molar-refractivity contribution >= 4 is 10.9 Å². The second kappa shape index (κ2) is 6.29. The number of rotatable bonds is 2. The highest BCUT2D eigenvalue weighted by Crippen LogP contribution is 2.57. The quantitative estimate of drug-likeness (QED) is 0.688. The molecule has 0 saturated carbocycles. The van der Waals surface area contributed by atoms with Gasteiger partial charge in [0.05, 0.1) is 11.1 Å². The van der Waals surface area contributed by atoms with E-state index >= 15 is 0 Å². The molecule has 2 bridgehead atoms. The average Bonchev–Trinajstić information content (AvgIpc) is 2.73. The lowest BCUT2D eigenvalue weighted by atomic mass is 9.49. The number of likely N-dealkylation sites (tertiary alicyclic amines) is 1. The first kappa shape index (κ1) is 18.3. The van der Waals surface area contributed by atoms with Crippen molar-refractivity contribution in [3.05, 3.63) is 70.9 Å². The molecule has 1 saturated heterocycles. The van der Waals surface area contributed by atoms with Crippen molar-refractivity contribution in [3.8, 4) is 5.75 Å². The van der Waals surface area contributed by atoms with Gasteiger partial charge in [0.25, 0.3) is 0 Å². The van der Waals surface area contributed by atoms with Gasteiger partial charge in [-0.1, -0.05) is 31.2 Å². The van der Waals surface area contributed by atoms with Crippen LogP contribution in [-0.4, -0.2) is 44.8 Å². The number of piperidine rings is 1. The summed E-state index contributed by atoms with van der Waals surface area (Å²) < 4.78 is 0. The summed E-state index contributed by atoms with van der Waals surface area (Å²) >= 11 is 0. The van der Waals surface area contributed by atoms with E-state index in [4.69, 9.17) is 4.98 Å². The zero-order valence-corrected chi connectivity index (χ0v) is 17.4. The van der Waals surface area contributed by atoms with E-state index in [1.165, 1.54) is 11.1 Å². The zero-order chi connectivity index (χ0) is 20.5. The van der Waals surface area contributed by atoms with Crippen molar-refractivity contribution < 1.29 is 10.2 Å². The summed E-state index contributed by atoms with van der Waals surface area (Å²) in [6, 6.07) is 16.4. The van der Waals surface area contributed by atoms with Gasteiger partial charge in [0.15, 0.2) is 0 Å². The van der Waals surface area contributed by atoms with Gasteiger partial charge in [-0.2, -0.15) is 0 Å². The third-order valence-electron chi connectivity index (χ3n) is 8.00. The summed E-state index contributed by atoms with van der Waals surface area (Å²) in [5.74, 6) is 0.289. The Morgan fingerprint density at radius 2 is 1.97 bits per heavy atom. The zero-order valence-electron chi connectivity index (χ0n) is 17.4. The van der Waals surface area contributed by atoms with Gasteiger partial charge in [0, 0.05) is 35.4 Å². The summed E-state index contributed by atoms with van der Waals surface area (Å²) in [6.45, 7) is 4.21. The fourth-order valence-electron chi connectivity index (χ4n) is 6.65. The van der Waals surface area contributed by atoms with Crippen LogP contribution >= 0.6 is 0 Å². The standard InChI is InChI=1S/C26H28N2O2/c1-2-10-28-11-9-25-16-23-19(12-18-5-3-4-6-22(18)27-23)15-26(25,30)24(28)13-17-7-8-20(29)14-21(17)25/h3-8,12,14,24,29-30H,2,9-11,13,15-16H2,1H3/t24-,25-,26-/m1/s1. The molecule has 4 heteroatoms. The number of hydrogen-bond donors (Lipinski definition) is 2. The average molecular weight is 401 g/mol. The van der Waals surface area contributed by atoms with Crippen LogP contribution in [0.2, 0.25) is 0 Å². The summed E-state index contributed by atoms with van der Waals surface area (Å²) in [5, 5.41) is 23.9. The number of fused-ring (bicyclic) bond motifs is 3. The third kappa shape index (κ3) is 2.32. The first-order valence-electron chi connectivity index (χ1n) is 11.2. The number of phenolic OH excluding ortho intramolecular Hbond substituents is 1. The number of nitrogens with zero attached hydrogens (tertiary/aromatic N) is 2. The van der Waals surface area contributed by atoms with E-state index in [1.54, 1.807) is 6.07 Å². The minimum atomic E-state index is -0.849. The van der Waals surface area contributed by atoms with E-state index in [2.05, 4.69) is 36.1 Å². The van der Waals surface area contributed by atoms with E-state index in [0.717, 1.165) is 60.9 Å². The molecule has 1 fully saturated rings. The van der Waals surface area contributed by atoms with E-state index in [0.29, 0.717) is 6.42 Å². The topological polar surface area (TPSA) is 56.6 Å². The van der Waals surface area contributed by atoms with Gasteiger partial charge < -0.3 is 10.2 Å². The van der Waals surface area contributed by atoms with E-state index in [-0.39, 0.29) is 11.8 Å². The Bertz CT molecular complexity index is 1160. The molecule has 6 rings (SSSR count). The molecule has 1 aromatic heterocycles. The summed E-state index contributed by atoms with van der Waals surface area (Å²) in [4.78, 5) is 7.55. The van der Waals surface area contributed by atoms with Crippen molar-refractivity contribution in [1.29, 1.82) is 0 Å². The Hall–Kier alpha value is -2.43. The van der Waals surface area contributed by atoms with E-state index < -0.39 is 11.0 Å².